The van der Waals surface area contributed by atoms with Gasteiger partial charge >= 0.3 is 0 Å². The highest BCUT2D eigenvalue weighted by molar-refractivity contribution is 7.92. The molecule has 0 saturated heterocycles. The van der Waals surface area contributed by atoms with Gasteiger partial charge in [0.1, 0.15) is 5.82 Å². The molecule has 0 spiro atoms. The second-order valence-electron chi connectivity index (χ2n) is 3.87. The highest BCUT2D eigenvalue weighted by Crippen LogP contribution is 2.33. The van der Waals surface area contributed by atoms with Gasteiger partial charge in [0.05, 0.1) is 25.7 Å². The molecule has 0 bridgehead atoms. The average Bonchev–Trinajstić information content (AvgIpc) is 2.44. The summed E-state index contributed by atoms with van der Waals surface area (Å²) in [6.45, 7) is 0. The highest BCUT2D eigenvalue weighted by atomic mass is 35.5. The maximum Gasteiger partial charge on any atom is 0.262 e. The lowest BCUT2D eigenvalue weighted by molar-refractivity contribution is 0.601. The molecule has 0 amide bonds. The number of nitrogens with one attached hydrogen (secondary N) is 2. The Hall–Kier alpha value is -1.25. The van der Waals surface area contributed by atoms with Gasteiger partial charge in [0.2, 0.25) is 0 Å². The van der Waals surface area contributed by atoms with Crippen molar-refractivity contribution in [3.8, 4) is 0 Å². The van der Waals surface area contributed by atoms with E-state index in [1.807, 2.05) is 0 Å². The third-order valence-corrected chi connectivity index (χ3v) is 4.84. The molecular formula is C11H9Cl3N4O2S. The van der Waals surface area contributed by atoms with Crippen LogP contribution in [0.1, 0.15) is 0 Å². The normalized spacial score (nSPS) is 11.2. The number of rotatable bonds is 4. The molecule has 1 aromatic carbocycles. The number of pyridine rings is 1. The van der Waals surface area contributed by atoms with Crippen LogP contribution in [-0.2, 0) is 10.0 Å². The number of anilines is 2. The van der Waals surface area contributed by atoms with Gasteiger partial charge in [0.25, 0.3) is 10.0 Å². The van der Waals surface area contributed by atoms with Crippen molar-refractivity contribution >= 4 is 56.3 Å². The van der Waals surface area contributed by atoms with Crippen molar-refractivity contribution in [3.05, 3.63) is 45.5 Å². The first-order valence-corrected chi connectivity index (χ1v) is 8.05. The summed E-state index contributed by atoms with van der Waals surface area (Å²) in [6.07, 6.45) is 1.31. The van der Waals surface area contributed by atoms with Gasteiger partial charge in [-0.15, -0.1) is 0 Å². The molecule has 1 aromatic heterocycles. The summed E-state index contributed by atoms with van der Waals surface area (Å²) in [5.41, 5.74) is 2.38. The van der Waals surface area contributed by atoms with E-state index < -0.39 is 10.0 Å². The number of nitrogens with two attached hydrogens (primary N) is 1. The number of hydrogen-bond donors (Lipinski definition) is 3. The third-order valence-electron chi connectivity index (χ3n) is 2.44. The van der Waals surface area contributed by atoms with E-state index in [-0.39, 0.29) is 31.5 Å². The molecule has 10 heteroatoms. The lowest BCUT2D eigenvalue weighted by Gasteiger charge is -2.11. The second-order valence-corrected chi connectivity index (χ2v) is 6.78. The average molecular weight is 368 g/mol. The predicted octanol–water partition coefficient (Wildman–Crippen LogP) is 3.13. The number of sulfonamides is 1. The van der Waals surface area contributed by atoms with Crippen LogP contribution >= 0.6 is 34.8 Å². The Kier molecular flexibility index (Phi) is 4.80. The number of hydrogen-bond acceptors (Lipinski definition) is 5. The predicted molar refractivity (Wildman–Crippen MR) is 84.3 cm³/mol. The molecule has 0 saturated carbocycles. The molecule has 2 aromatic rings. The fraction of sp³-hybridized carbons (Fsp3) is 0. The zero-order valence-electron chi connectivity index (χ0n) is 10.3. The van der Waals surface area contributed by atoms with Gasteiger partial charge in [-0.25, -0.2) is 19.2 Å². The van der Waals surface area contributed by atoms with Crippen LogP contribution in [0, 0.1) is 0 Å². The molecule has 4 N–H and O–H groups in total. The van der Waals surface area contributed by atoms with Gasteiger partial charge in [-0.1, -0.05) is 34.8 Å². The molecule has 112 valence electrons. The van der Waals surface area contributed by atoms with Gasteiger partial charge in [-0.3, -0.25) is 4.72 Å². The fourth-order valence-corrected chi connectivity index (χ4v) is 3.19. The van der Waals surface area contributed by atoms with Crippen molar-refractivity contribution in [1.82, 2.24) is 4.98 Å². The Morgan fingerprint density at radius 2 is 1.71 bits per heavy atom. The minimum atomic E-state index is -3.87. The molecule has 21 heavy (non-hydrogen) atoms. The second kappa shape index (κ2) is 6.25. The van der Waals surface area contributed by atoms with Crippen LogP contribution in [0.2, 0.25) is 15.1 Å². The van der Waals surface area contributed by atoms with Gasteiger partial charge in [-0.05, 0) is 18.2 Å². The lowest BCUT2D eigenvalue weighted by atomic mass is 10.3. The quantitative estimate of drug-likeness (QED) is 0.438. The molecular weight excluding hydrogens is 359 g/mol. The Morgan fingerprint density at radius 1 is 1.05 bits per heavy atom. The Labute approximate surface area is 136 Å². The van der Waals surface area contributed by atoms with Crippen molar-refractivity contribution in [2.45, 2.75) is 4.90 Å². The molecule has 0 aliphatic rings. The van der Waals surface area contributed by atoms with E-state index in [9.17, 15) is 8.42 Å². The molecule has 6 nitrogen and oxygen atoms in total. The number of nitrogens with zero attached hydrogens (tertiary/aromatic N) is 1. The van der Waals surface area contributed by atoms with Crippen molar-refractivity contribution in [2.75, 3.05) is 10.1 Å². The molecule has 0 aliphatic carbocycles. The number of halogens is 3. The number of nitrogen functional groups attached to an aromatic ring is 1. The third kappa shape index (κ3) is 3.69. The van der Waals surface area contributed by atoms with Crippen LogP contribution in [0.5, 0.6) is 0 Å². The Bertz CT molecular complexity index is 783. The van der Waals surface area contributed by atoms with Gasteiger partial charge < -0.3 is 5.43 Å². The summed E-state index contributed by atoms with van der Waals surface area (Å²) in [5.74, 6) is 5.40. The van der Waals surface area contributed by atoms with E-state index in [4.69, 9.17) is 40.6 Å². The maximum absolute atomic E-state index is 12.3. The van der Waals surface area contributed by atoms with E-state index >= 15 is 0 Å². The summed E-state index contributed by atoms with van der Waals surface area (Å²) in [4.78, 5) is 3.79. The van der Waals surface area contributed by atoms with Crippen LogP contribution in [0.4, 0.5) is 11.5 Å². The van der Waals surface area contributed by atoms with Crippen molar-refractivity contribution in [3.63, 3.8) is 0 Å². The summed E-state index contributed by atoms with van der Waals surface area (Å²) in [7, 11) is -3.87. The largest absolute Gasteiger partial charge is 0.308 e. The van der Waals surface area contributed by atoms with Gasteiger partial charge in [0.15, 0.2) is 0 Å². The van der Waals surface area contributed by atoms with Crippen LogP contribution in [0.25, 0.3) is 0 Å². The number of aromatic nitrogens is 1. The fourth-order valence-electron chi connectivity index (χ4n) is 1.46. The van der Waals surface area contributed by atoms with Crippen molar-refractivity contribution in [2.24, 2.45) is 5.84 Å². The molecule has 2 rings (SSSR count). The Morgan fingerprint density at radius 3 is 2.38 bits per heavy atom. The van der Waals surface area contributed by atoms with Crippen LogP contribution < -0.4 is 16.0 Å². The van der Waals surface area contributed by atoms with E-state index in [0.717, 1.165) is 0 Å². The SMILES string of the molecule is NNc1cc(S(=O)(=O)Nc2cc(Cl)c(Cl)cc2Cl)ccn1. The first-order valence-electron chi connectivity index (χ1n) is 5.43. The van der Waals surface area contributed by atoms with E-state index in [0.29, 0.717) is 0 Å². The minimum Gasteiger partial charge on any atom is -0.308 e. The summed E-state index contributed by atoms with van der Waals surface area (Å²) in [6, 6.07) is 5.26. The first kappa shape index (κ1) is 16.1. The van der Waals surface area contributed by atoms with Gasteiger partial charge in [-0.2, -0.15) is 0 Å². The first-order chi connectivity index (χ1) is 9.83. The van der Waals surface area contributed by atoms with E-state index in [2.05, 4.69) is 15.1 Å². The van der Waals surface area contributed by atoms with Gasteiger partial charge in [0, 0.05) is 12.3 Å². The summed E-state index contributed by atoms with van der Waals surface area (Å²) in [5, 5.41) is 0.528. The summed E-state index contributed by atoms with van der Waals surface area (Å²) < 4.78 is 26.9. The lowest BCUT2D eigenvalue weighted by Crippen LogP contribution is -2.15. The molecule has 1 heterocycles. The zero-order valence-corrected chi connectivity index (χ0v) is 13.4. The topological polar surface area (TPSA) is 97.1 Å². The monoisotopic (exact) mass is 366 g/mol. The van der Waals surface area contributed by atoms with E-state index in [1.54, 1.807) is 0 Å². The molecule has 0 atom stereocenters. The molecule has 0 unspecified atom stereocenters. The molecule has 0 radical (unpaired) electrons. The van der Waals surface area contributed by atoms with Crippen LogP contribution in [0.15, 0.2) is 35.4 Å². The van der Waals surface area contributed by atoms with E-state index in [1.165, 1.54) is 30.5 Å². The number of hydrazine groups is 1. The molecule has 0 fully saturated rings. The molecule has 0 aliphatic heterocycles. The highest BCUT2D eigenvalue weighted by Gasteiger charge is 2.17. The zero-order chi connectivity index (χ0) is 15.6. The smallest absolute Gasteiger partial charge is 0.262 e. The summed E-state index contributed by atoms with van der Waals surface area (Å²) >= 11 is 17.6. The Balaban J connectivity index is 2.39. The maximum atomic E-state index is 12.3. The number of benzene rings is 1. The van der Waals surface area contributed by atoms with Crippen LogP contribution in [-0.4, -0.2) is 13.4 Å². The standard InChI is InChI=1S/C11H9Cl3N4O2S/c12-7-4-9(14)10(5-8(7)13)18-21(19,20)6-1-2-16-11(3-6)17-15/h1-5,18H,15H2,(H,16,17). The van der Waals surface area contributed by atoms with Crippen molar-refractivity contribution < 1.29 is 8.42 Å². The van der Waals surface area contributed by atoms with Crippen molar-refractivity contribution in [1.29, 1.82) is 0 Å². The minimum absolute atomic E-state index is 0.0346. The van der Waals surface area contributed by atoms with Crippen LogP contribution in [0.3, 0.4) is 0 Å².